The Hall–Kier alpha value is -4.69. The highest BCUT2D eigenvalue weighted by molar-refractivity contribution is 6.01. The number of amides is 4. The third-order valence-corrected chi connectivity index (χ3v) is 8.92. The minimum Gasteiger partial charge on any atom is -0.451 e. The zero-order valence-corrected chi connectivity index (χ0v) is 24.5. The van der Waals surface area contributed by atoms with E-state index in [0.29, 0.717) is 43.0 Å². The zero-order valence-electron chi connectivity index (χ0n) is 24.5. The van der Waals surface area contributed by atoms with E-state index in [4.69, 9.17) is 4.74 Å². The van der Waals surface area contributed by atoms with Gasteiger partial charge < -0.3 is 45.5 Å². The first-order chi connectivity index (χ1) is 21.8. The zero-order chi connectivity index (χ0) is 31.2. The molecule has 2 aromatic carbocycles. The number of rotatable bonds is 8. The summed E-state index contributed by atoms with van der Waals surface area (Å²) in [5.41, 5.74) is 0.460. The van der Waals surface area contributed by atoms with E-state index in [-0.39, 0.29) is 47.3 Å². The first kappa shape index (κ1) is 29.0. The second-order valence-electron chi connectivity index (χ2n) is 11.9. The number of carbonyl (C=O) groups is 3. The molecule has 3 unspecified atom stereocenters. The Balaban J connectivity index is 1.17. The van der Waals surface area contributed by atoms with Crippen LogP contribution in [0, 0.1) is 5.82 Å². The van der Waals surface area contributed by atoms with Crippen LogP contribution in [0.2, 0.25) is 0 Å². The highest BCUT2D eigenvalue weighted by Gasteiger charge is 2.35. The van der Waals surface area contributed by atoms with Crippen molar-refractivity contribution in [3.8, 4) is 17.2 Å². The van der Waals surface area contributed by atoms with Gasteiger partial charge in [-0.3, -0.25) is 14.4 Å². The molecule has 0 bridgehead atoms. The fraction of sp³-hybridized carbons (Fsp3) is 0.419. The number of nitrogens with zero attached hydrogens (tertiary/aromatic N) is 3. The number of pyridine rings is 1. The first-order valence-corrected chi connectivity index (χ1v) is 15.3. The molecule has 1 aromatic heterocycles. The fourth-order valence-corrected chi connectivity index (χ4v) is 6.69. The van der Waals surface area contributed by atoms with Gasteiger partial charge in [-0.15, -0.1) is 0 Å². The number of anilines is 1. The number of benzene rings is 2. The molecule has 4 amide bonds. The number of aromatic nitrogens is 1. The number of ether oxygens (including phenoxy) is 1. The lowest BCUT2D eigenvalue weighted by Gasteiger charge is -2.29. The number of para-hydroxylation sites is 2. The van der Waals surface area contributed by atoms with Gasteiger partial charge in [0.2, 0.25) is 11.3 Å². The quantitative estimate of drug-likeness (QED) is 0.197. The van der Waals surface area contributed by atoms with Crippen molar-refractivity contribution in [2.45, 2.75) is 44.0 Å². The van der Waals surface area contributed by atoms with Crippen molar-refractivity contribution >= 4 is 34.4 Å². The summed E-state index contributed by atoms with van der Waals surface area (Å²) in [6.45, 7) is 3.74. The van der Waals surface area contributed by atoms with Crippen LogP contribution in [0.15, 0.2) is 41.3 Å². The third kappa shape index (κ3) is 5.44. The van der Waals surface area contributed by atoms with Gasteiger partial charge in [-0.1, -0.05) is 12.1 Å². The molecule has 45 heavy (non-hydrogen) atoms. The number of aliphatic hydroxyl groups is 1. The topological polar surface area (TPSA) is 157 Å². The number of fused-ring (bicyclic) bond motifs is 2. The normalized spacial score (nSPS) is 22.1. The molecule has 0 aliphatic carbocycles. The van der Waals surface area contributed by atoms with Crippen molar-refractivity contribution in [3.05, 3.63) is 58.1 Å². The summed E-state index contributed by atoms with van der Waals surface area (Å²) in [7, 11) is 0. The second kappa shape index (κ2) is 11.7. The summed E-state index contributed by atoms with van der Waals surface area (Å²) in [6.07, 6.45) is 3.00. The van der Waals surface area contributed by atoms with Crippen LogP contribution in [0.1, 0.15) is 36.0 Å². The summed E-state index contributed by atoms with van der Waals surface area (Å²) in [6, 6.07) is 6.69. The number of hydrogen-bond donors (Lipinski definition) is 5. The molecule has 7 rings (SSSR count). The van der Waals surface area contributed by atoms with Crippen LogP contribution in [0.3, 0.4) is 0 Å². The number of likely N-dealkylation sites (tertiary alicyclic amines) is 1. The Kier molecular flexibility index (Phi) is 7.53. The van der Waals surface area contributed by atoms with Crippen LogP contribution in [-0.2, 0) is 4.79 Å². The van der Waals surface area contributed by atoms with E-state index in [9.17, 15) is 24.3 Å². The molecule has 0 spiro atoms. The van der Waals surface area contributed by atoms with Crippen LogP contribution in [0.4, 0.5) is 14.9 Å². The Morgan fingerprint density at radius 1 is 1.11 bits per heavy atom. The predicted molar refractivity (Wildman–Crippen MR) is 162 cm³/mol. The van der Waals surface area contributed by atoms with Crippen molar-refractivity contribution < 1.29 is 28.6 Å². The van der Waals surface area contributed by atoms with Crippen molar-refractivity contribution in [2.24, 2.45) is 0 Å². The largest absolute Gasteiger partial charge is 0.451 e. The molecular formula is C31H34FN7O6. The Morgan fingerprint density at radius 3 is 2.69 bits per heavy atom. The molecule has 236 valence electrons. The van der Waals surface area contributed by atoms with Gasteiger partial charge in [0, 0.05) is 38.4 Å². The second-order valence-corrected chi connectivity index (χ2v) is 11.9. The van der Waals surface area contributed by atoms with Gasteiger partial charge in [-0.2, -0.15) is 0 Å². The average molecular weight is 620 g/mol. The number of aliphatic hydroxyl groups excluding tert-OH is 1. The van der Waals surface area contributed by atoms with E-state index in [1.807, 2.05) is 6.07 Å². The molecule has 3 aromatic rings. The van der Waals surface area contributed by atoms with Gasteiger partial charge >= 0.3 is 6.03 Å². The number of hydrogen-bond acceptors (Lipinski definition) is 8. The summed E-state index contributed by atoms with van der Waals surface area (Å²) in [4.78, 5) is 55.1. The van der Waals surface area contributed by atoms with E-state index < -0.39 is 35.5 Å². The van der Waals surface area contributed by atoms with Gasteiger partial charge in [-0.25, -0.2) is 9.18 Å². The van der Waals surface area contributed by atoms with Crippen LogP contribution in [0.25, 0.3) is 16.6 Å². The highest BCUT2D eigenvalue weighted by Crippen LogP contribution is 2.47. The minimum atomic E-state index is -1.16. The lowest BCUT2D eigenvalue weighted by atomic mass is 10.1. The summed E-state index contributed by atoms with van der Waals surface area (Å²) in [5.74, 6) is -0.949. The molecule has 13 nitrogen and oxygen atoms in total. The van der Waals surface area contributed by atoms with Crippen LogP contribution >= 0.6 is 0 Å². The maximum atomic E-state index is 16.0. The Morgan fingerprint density at radius 2 is 1.91 bits per heavy atom. The monoisotopic (exact) mass is 619 g/mol. The molecule has 4 aliphatic rings. The van der Waals surface area contributed by atoms with Crippen LogP contribution < -0.4 is 36.3 Å². The number of halogens is 1. The van der Waals surface area contributed by atoms with Gasteiger partial charge in [0.15, 0.2) is 17.3 Å². The molecule has 14 heteroatoms. The summed E-state index contributed by atoms with van der Waals surface area (Å²) in [5, 5.41) is 20.5. The predicted octanol–water partition coefficient (Wildman–Crippen LogP) is 1.15. The number of urea groups is 1. The highest BCUT2D eigenvalue weighted by atomic mass is 19.1. The van der Waals surface area contributed by atoms with Gasteiger partial charge in [-0.05, 0) is 50.6 Å². The van der Waals surface area contributed by atoms with Crippen molar-refractivity contribution in [1.82, 2.24) is 30.7 Å². The maximum Gasteiger partial charge on any atom is 0.317 e. The average Bonchev–Trinajstić information content (AvgIpc) is 3.76. The Bertz CT molecular complexity index is 1760. The molecule has 5 heterocycles. The Labute approximate surface area is 257 Å². The standard InChI is InChI=1S/C31H34FN7O6/c32-20-13-18-25-28(26(20)38-11-7-17(15-38)34-24(40)14-21-30(43)36-31(44)35-21)45-23-6-2-1-5-22(23)39(25)16-19(27(18)41)29(42)33-8-12-37-9-3-4-10-37/h1-2,5-6,13,16-17,21,30,43H,3-4,7-12,14-15H2,(H,33,42)(H,34,40)(H2,35,36,44). The molecule has 4 aliphatic heterocycles. The summed E-state index contributed by atoms with van der Waals surface area (Å²) < 4.78 is 24.0. The van der Waals surface area contributed by atoms with Crippen molar-refractivity contribution in [2.75, 3.05) is 44.2 Å². The molecule has 0 radical (unpaired) electrons. The lowest BCUT2D eigenvalue weighted by molar-refractivity contribution is -0.122. The van der Waals surface area contributed by atoms with Gasteiger partial charge in [0.1, 0.15) is 23.0 Å². The molecule has 0 saturated carbocycles. The third-order valence-electron chi connectivity index (χ3n) is 8.92. The molecule has 3 atom stereocenters. The molecule has 3 saturated heterocycles. The van der Waals surface area contributed by atoms with E-state index in [1.165, 1.54) is 6.20 Å². The molecule has 5 N–H and O–H groups in total. The van der Waals surface area contributed by atoms with Gasteiger partial charge in [0.05, 0.1) is 23.5 Å². The number of nitrogens with one attached hydrogen (secondary N) is 4. The van der Waals surface area contributed by atoms with E-state index in [2.05, 4.69) is 26.2 Å². The molecular weight excluding hydrogens is 585 g/mol. The van der Waals surface area contributed by atoms with Crippen molar-refractivity contribution in [1.29, 1.82) is 0 Å². The first-order valence-electron chi connectivity index (χ1n) is 15.3. The smallest absolute Gasteiger partial charge is 0.317 e. The SMILES string of the molecule is O=C(CC1NC(=O)NC1O)NC1CCN(c2c(F)cc3c(=O)c(C(=O)NCCN4CCCC4)cn4c3c2Oc2ccccc2-4)C1. The van der Waals surface area contributed by atoms with Gasteiger partial charge in [0.25, 0.3) is 5.91 Å². The van der Waals surface area contributed by atoms with Crippen molar-refractivity contribution in [3.63, 3.8) is 0 Å². The minimum absolute atomic E-state index is 0.0303. The molecule has 3 fully saturated rings. The number of carbonyl (C=O) groups excluding carboxylic acids is 3. The van der Waals surface area contributed by atoms with Crippen LogP contribution in [0.5, 0.6) is 11.5 Å². The van der Waals surface area contributed by atoms with E-state index >= 15 is 4.39 Å². The maximum absolute atomic E-state index is 16.0. The van der Waals surface area contributed by atoms with E-state index in [0.717, 1.165) is 32.0 Å². The lowest BCUT2D eigenvalue weighted by Crippen LogP contribution is -2.42. The van der Waals surface area contributed by atoms with Crippen LogP contribution in [-0.4, -0.2) is 90.0 Å². The summed E-state index contributed by atoms with van der Waals surface area (Å²) >= 11 is 0. The fourth-order valence-electron chi connectivity index (χ4n) is 6.69. The van der Waals surface area contributed by atoms with E-state index in [1.54, 1.807) is 27.7 Å².